The lowest BCUT2D eigenvalue weighted by atomic mass is 10.1. The van der Waals surface area contributed by atoms with Crippen LogP contribution in [0.25, 0.3) is 6.08 Å². The van der Waals surface area contributed by atoms with Crippen LogP contribution in [0.1, 0.15) is 26.3 Å². The summed E-state index contributed by atoms with van der Waals surface area (Å²) in [4.78, 5) is 23.6. The van der Waals surface area contributed by atoms with Crippen LogP contribution < -0.4 is 20.1 Å². The van der Waals surface area contributed by atoms with E-state index in [0.29, 0.717) is 33.5 Å². The second-order valence-corrected chi connectivity index (χ2v) is 6.99. The lowest BCUT2D eigenvalue weighted by Crippen LogP contribution is -2.13. The summed E-state index contributed by atoms with van der Waals surface area (Å²) in [6.45, 7) is 5.14. The molecular formula is C22H22ClN3O4. The summed E-state index contributed by atoms with van der Waals surface area (Å²) in [5.74, 6) is 0.0185. The molecule has 0 heterocycles. The van der Waals surface area contributed by atoms with Crippen molar-refractivity contribution in [3.8, 4) is 17.6 Å². The molecule has 0 saturated heterocycles. The van der Waals surface area contributed by atoms with E-state index < -0.39 is 5.91 Å². The molecule has 2 N–H and O–H groups in total. The van der Waals surface area contributed by atoms with E-state index in [-0.39, 0.29) is 17.6 Å². The molecule has 0 saturated carbocycles. The molecule has 2 aromatic carbocycles. The summed E-state index contributed by atoms with van der Waals surface area (Å²) in [5, 5.41) is 15.0. The van der Waals surface area contributed by atoms with E-state index in [1.54, 1.807) is 36.4 Å². The molecule has 30 heavy (non-hydrogen) atoms. The first-order valence-corrected chi connectivity index (χ1v) is 9.46. The van der Waals surface area contributed by atoms with Gasteiger partial charge in [-0.15, -0.1) is 0 Å². The zero-order chi connectivity index (χ0) is 22.3. The largest absolute Gasteiger partial charge is 0.493 e. The van der Waals surface area contributed by atoms with Gasteiger partial charge in [-0.25, -0.2) is 0 Å². The van der Waals surface area contributed by atoms with Crippen LogP contribution in [0, 0.1) is 11.3 Å². The molecule has 2 aromatic rings. The minimum absolute atomic E-state index is 0.102. The number of hydrogen-bond donors (Lipinski definition) is 2. The quantitative estimate of drug-likeness (QED) is 0.495. The summed E-state index contributed by atoms with van der Waals surface area (Å²) in [6, 6.07) is 11.6. The molecule has 0 unspecified atom stereocenters. The van der Waals surface area contributed by atoms with Gasteiger partial charge in [0.15, 0.2) is 11.5 Å². The number of amides is 2. The number of nitrogens with zero attached hydrogens (tertiary/aromatic N) is 1. The summed E-state index contributed by atoms with van der Waals surface area (Å²) in [5.41, 5.74) is 1.48. The fourth-order valence-corrected chi connectivity index (χ4v) is 2.79. The fraction of sp³-hybridized carbons (Fsp3) is 0.227. The van der Waals surface area contributed by atoms with Crippen molar-refractivity contribution in [1.82, 2.24) is 0 Å². The standard InChI is InChI=1S/C22H22ClN3O4/c1-13(2)30-21-19(23)10-15(11-20(21)29-4)9-16(12-24)22(28)26-18-7-5-17(6-8-18)25-14(3)27/h5-11,13H,1-4H3,(H,25,27)(H,26,28)/b16-9+. The molecule has 0 spiro atoms. The smallest absolute Gasteiger partial charge is 0.266 e. The van der Waals surface area contributed by atoms with E-state index in [4.69, 9.17) is 21.1 Å². The van der Waals surface area contributed by atoms with E-state index in [2.05, 4.69) is 10.6 Å². The highest BCUT2D eigenvalue weighted by Crippen LogP contribution is 2.37. The molecule has 2 rings (SSSR count). The SMILES string of the molecule is COc1cc(/C=C(\C#N)C(=O)Nc2ccc(NC(C)=O)cc2)cc(Cl)c1OC(C)C. The van der Waals surface area contributed by atoms with Crippen LogP contribution in [0.3, 0.4) is 0 Å². The second-order valence-electron chi connectivity index (χ2n) is 6.58. The Balaban J connectivity index is 2.24. The van der Waals surface area contributed by atoms with Crippen LogP contribution in [-0.2, 0) is 9.59 Å². The van der Waals surface area contributed by atoms with Crippen LogP contribution in [-0.4, -0.2) is 25.0 Å². The molecule has 0 fully saturated rings. The van der Waals surface area contributed by atoms with E-state index in [1.165, 1.54) is 20.1 Å². The van der Waals surface area contributed by atoms with Crippen molar-refractivity contribution in [1.29, 1.82) is 5.26 Å². The number of halogens is 1. The van der Waals surface area contributed by atoms with Gasteiger partial charge in [0.05, 0.1) is 18.2 Å². The predicted molar refractivity (Wildman–Crippen MR) is 117 cm³/mol. The Morgan fingerprint density at radius 2 is 1.73 bits per heavy atom. The average Bonchev–Trinajstić information content (AvgIpc) is 2.68. The maximum atomic E-state index is 12.5. The van der Waals surface area contributed by atoms with Gasteiger partial charge in [0.2, 0.25) is 5.91 Å². The van der Waals surface area contributed by atoms with Gasteiger partial charge in [-0.3, -0.25) is 9.59 Å². The van der Waals surface area contributed by atoms with Crippen molar-refractivity contribution in [2.24, 2.45) is 0 Å². The average molecular weight is 428 g/mol. The Morgan fingerprint density at radius 1 is 1.13 bits per heavy atom. The van der Waals surface area contributed by atoms with Crippen LogP contribution in [0.4, 0.5) is 11.4 Å². The van der Waals surface area contributed by atoms with Gasteiger partial charge < -0.3 is 20.1 Å². The van der Waals surface area contributed by atoms with Crippen LogP contribution in [0.5, 0.6) is 11.5 Å². The zero-order valence-electron chi connectivity index (χ0n) is 17.1. The second kappa shape index (κ2) is 10.3. The maximum absolute atomic E-state index is 12.5. The zero-order valence-corrected chi connectivity index (χ0v) is 17.8. The molecule has 0 aromatic heterocycles. The third-order valence-corrected chi connectivity index (χ3v) is 4.03. The van der Waals surface area contributed by atoms with E-state index in [0.717, 1.165) is 0 Å². The van der Waals surface area contributed by atoms with Crippen molar-refractivity contribution < 1.29 is 19.1 Å². The maximum Gasteiger partial charge on any atom is 0.266 e. The number of nitriles is 1. The molecule has 0 atom stereocenters. The van der Waals surface area contributed by atoms with Gasteiger partial charge in [0.25, 0.3) is 5.91 Å². The summed E-state index contributed by atoms with van der Waals surface area (Å²) in [6.07, 6.45) is 1.31. The van der Waals surface area contributed by atoms with Crippen LogP contribution >= 0.6 is 11.6 Å². The van der Waals surface area contributed by atoms with Gasteiger partial charge in [-0.05, 0) is 61.9 Å². The highest BCUT2D eigenvalue weighted by Gasteiger charge is 2.15. The Hall–Kier alpha value is -3.50. The van der Waals surface area contributed by atoms with Gasteiger partial charge in [0, 0.05) is 18.3 Å². The molecule has 7 nitrogen and oxygen atoms in total. The van der Waals surface area contributed by atoms with Crippen molar-refractivity contribution in [3.63, 3.8) is 0 Å². The molecule has 2 amide bonds. The fourth-order valence-electron chi connectivity index (χ4n) is 2.53. The molecular weight excluding hydrogens is 406 g/mol. The molecule has 0 radical (unpaired) electrons. The van der Waals surface area contributed by atoms with Gasteiger partial charge in [-0.1, -0.05) is 11.6 Å². The Kier molecular flexibility index (Phi) is 7.84. The Bertz CT molecular complexity index is 1010. The Labute approximate surface area is 180 Å². The normalized spacial score (nSPS) is 10.9. The molecule has 0 aliphatic heterocycles. The number of carbonyl (C=O) groups excluding carboxylic acids is 2. The number of rotatable bonds is 7. The molecule has 0 aliphatic rings. The van der Waals surface area contributed by atoms with E-state index >= 15 is 0 Å². The van der Waals surface area contributed by atoms with E-state index in [1.807, 2.05) is 19.9 Å². The lowest BCUT2D eigenvalue weighted by Gasteiger charge is -2.15. The minimum Gasteiger partial charge on any atom is -0.493 e. The van der Waals surface area contributed by atoms with Crippen molar-refractivity contribution in [2.75, 3.05) is 17.7 Å². The number of nitrogens with one attached hydrogen (secondary N) is 2. The molecule has 8 heteroatoms. The number of hydrogen-bond acceptors (Lipinski definition) is 5. The van der Waals surface area contributed by atoms with E-state index in [9.17, 15) is 14.9 Å². The molecule has 156 valence electrons. The van der Waals surface area contributed by atoms with Gasteiger partial charge in [-0.2, -0.15) is 5.26 Å². The first-order valence-electron chi connectivity index (χ1n) is 9.08. The monoisotopic (exact) mass is 427 g/mol. The van der Waals surface area contributed by atoms with Gasteiger partial charge >= 0.3 is 0 Å². The van der Waals surface area contributed by atoms with Crippen molar-refractivity contribution >= 4 is 40.9 Å². The lowest BCUT2D eigenvalue weighted by molar-refractivity contribution is -0.114. The summed E-state index contributed by atoms with van der Waals surface area (Å²) < 4.78 is 11.0. The molecule has 0 bridgehead atoms. The van der Waals surface area contributed by atoms with Gasteiger partial charge in [0.1, 0.15) is 11.6 Å². The minimum atomic E-state index is -0.581. The highest BCUT2D eigenvalue weighted by molar-refractivity contribution is 6.32. The number of anilines is 2. The first-order chi connectivity index (χ1) is 14.2. The first kappa shape index (κ1) is 22.8. The number of carbonyl (C=O) groups is 2. The number of benzene rings is 2. The Morgan fingerprint density at radius 3 is 2.23 bits per heavy atom. The van der Waals surface area contributed by atoms with Crippen molar-refractivity contribution in [3.05, 3.63) is 52.6 Å². The van der Waals surface area contributed by atoms with Crippen LogP contribution in [0.15, 0.2) is 42.0 Å². The van der Waals surface area contributed by atoms with Crippen molar-refractivity contribution in [2.45, 2.75) is 26.9 Å². The number of methoxy groups -OCH3 is 1. The molecule has 0 aliphatic carbocycles. The highest BCUT2D eigenvalue weighted by atomic mass is 35.5. The predicted octanol–water partition coefficient (Wildman–Crippen LogP) is 4.64. The summed E-state index contributed by atoms with van der Waals surface area (Å²) in [7, 11) is 1.48. The third kappa shape index (κ3) is 6.26. The third-order valence-electron chi connectivity index (χ3n) is 3.74. The van der Waals surface area contributed by atoms with Crippen LogP contribution in [0.2, 0.25) is 5.02 Å². The summed E-state index contributed by atoms with van der Waals surface area (Å²) >= 11 is 6.30. The number of ether oxygens (including phenoxy) is 2. The topological polar surface area (TPSA) is 100 Å².